The number of nitro groups is 1. The van der Waals surface area contributed by atoms with Crippen LogP contribution in [0.5, 0.6) is 0 Å². The molecule has 0 aliphatic heterocycles. The van der Waals surface area contributed by atoms with Gasteiger partial charge in [-0.15, -0.1) is 0 Å². The number of aliphatic hydroxyl groups is 1. The standard InChI is InChI=1S/C12H20N4O3/c1-2-5-14(10-3-4-10)8-12(17)9-15-7-11(6-13-15)16(18)19/h6-7,10,12,17H,2-5,8-9H2,1H3. The summed E-state index contributed by atoms with van der Waals surface area (Å²) in [5.41, 5.74) is -0.0418. The third-order valence-corrected chi connectivity index (χ3v) is 3.25. The third-order valence-electron chi connectivity index (χ3n) is 3.25. The first-order chi connectivity index (χ1) is 9.10. The molecule has 1 aromatic heterocycles. The quantitative estimate of drug-likeness (QED) is 0.562. The predicted octanol–water partition coefficient (Wildman–Crippen LogP) is 1.03. The van der Waals surface area contributed by atoms with Gasteiger partial charge in [0.05, 0.1) is 17.6 Å². The summed E-state index contributed by atoms with van der Waals surface area (Å²) >= 11 is 0. The zero-order chi connectivity index (χ0) is 13.8. The Balaban J connectivity index is 1.85. The van der Waals surface area contributed by atoms with Crippen molar-refractivity contribution in [1.29, 1.82) is 0 Å². The maximum atomic E-state index is 10.5. The van der Waals surface area contributed by atoms with Gasteiger partial charge in [-0.1, -0.05) is 6.92 Å². The summed E-state index contributed by atoms with van der Waals surface area (Å²) in [6.07, 6.45) is 5.49. The molecule has 7 heteroatoms. The molecule has 0 aromatic carbocycles. The normalized spacial score (nSPS) is 16.8. The summed E-state index contributed by atoms with van der Waals surface area (Å²) in [5, 5.41) is 24.5. The van der Waals surface area contributed by atoms with Crippen molar-refractivity contribution in [1.82, 2.24) is 14.7 Å². The minimum absolute atomic E-state index is 0.0418. The Hall–Kier alpha value is -1.47. The Morgan fingerprint density at radius 3 is 2.95 bits per heavy atom. The van der Waals surface area contributed by atoms with Gasteiger partial charge in [-0.25, -0.2) is 0 Å². The topological polar surface area (TPSA) is 84.4 Å². The van der Waals surface area contributed by atoms with E-state index in [1.54, 1.807) is 0 Å². The first-order valence-electron chi connectivity index (χ1n) is 6.69. The van der Waals surface area contributed by atoms with Crippen molar-refractivity contribution in [3.05, 3.63) is 22.5 Å². The van der Waals surface area contributed by atoms with Crippen LogP contribution in [0.3, 0.4) is 0 Å². The molecule has 19 heavy (non-hydrogen) atoms. The van der Waals surface area contributed by atoms with Gasteiger partial charge in [-0.05, 0) is 25.8 Å². The highest BCUT2D eigenvalue weighted by atomic mass is 16.6. The lowest BCUT2D eigenvalue weighted by molar-refractivity contribution is -0.385. The number of hydrogen-bond acceptors (Lipinski definition) is 5. The van der Waals surface area contributed by atoms with E-state index in [0.717, 1.165) is 13.0 Å². The lowest BCUT2D eigenvalue weighted by atomic mass is 10.3. The maximum absolute atomic E-state index is 10.5. The summed E-state index contributed by atoms with van der Waals surface area (Å²) in [4.78, 5) is 12.4. The molecule has 0 radical (unpaired) electrons. The fourth-order valence-corrected chi connectivity index (χ4v) is 2.24. The first-order valence-corrected chi connectivity index (χ1v) is 6.69. The van der Waals surface area contributed by atoms with Crippen molar-refractivity contribution >= 4 is 5.69 Å². The molecule has 2 rings (SSSR count). The van der Waals surface area contributed by atoms with Gasteiger partial charge < -0.3 is 5.11 Å². The summed E-state index contributed by atoms with van der Waals surface area (Å²) < 4.78 is 1.43. The summed E-state index contributed by atoms with van der Waals surface area (Å²) in [6, 6.07) is 0.613. The van der Waals surface area contributed by atoms with Crippen LogP contribution in [0.15, 0.2) is 12.4 Å². The molecule has 0 amide bonds. The van der Waals surface area contributed by atoms with E-state index < -0.39 is 11.0 Å². The largest absolute Gasteiger partial charge is 0.390 e. The summed E-state index contributed by atoms with van der Waals surface area (Å²) in [6.45, 7) is 4.01. The van der Waals surface area contributed by atoms with Gasteiger partial charge in [-0.3, -0.25) is 19.7 Å². The molecular weight excluding hydrogens is 248 g/mol. The van der Waals surface area contributed by atoms with Crippen molar-refractivity contribution < 1.29 is 10.0 Å². The minimum atomic E-state index is -0.549. The molecule has 1 heterocycles. The van der Waals surface area contributed by atoms with Crippen LogP contribution in [0, 0.1) is 10.1 Å². The molecule has 1 fully saturated rings. The number of aliphatic hydroxyl groups excluding tert-OH is 1. The van der Waals surface area contributed by atoms with E-state index in [-0.39, 0.29) is 5.69 Å². The van der Waals surface area contributed by atoms with Crippen LogP contribution < -0.4 is 0 Å². The second-order valence-electron chi connectivity index (χ2n) is 5.06. The van der Waals surface area contributed by atoms with Crippen molar-refractivity contribution in [2.75, 3.05) is 13.1 Å². The van der Waals surface area contributed by atoms with Gasteiger partial charge in [0.15, 0.2) is 0 Å². The van der Waals surface area contributed by atoms with Crippen LogP contribution in [-0.2, 0) is 6.54 Å². The van der Waals surface area contributed by atoms with Gasteiger partial charge >= 0.3 is 5.69 Å². The second-order valence-corrected chi connectivity index (χ2v) is 5.06. The molecule has 1 aromatic rings. The van der Waals surface area contributed by atoms with Crippen molar-refractivity contribution in [3.63, 3.8) is 0 Å². The van der Waals surface area contributed by atoms with E-state index >= 15 is 0 Å². The zero-order valence-corrected chi connectivity index (χ0v) is 11.1. The van der Waals surface area contributed by atoms with Gasteiger partial charge in [0, 0.05) is 12.6 Å². The average molecular weight is 268 g/mol. The average Bonchev–Trinajstić information content (AvgIpc) is 3.09. The molecular formula is C12H20N4O3. The zero-order valence-electron chi connectivity index (χ0n) is 11.1. The summed E-state index contributed by atoms with van der Waals surface area (Å²) in [7, 11) is 0. The number of hydrogen-bond donors (Lipinski definition) is 1. The van der Waals surface area contributed by atoms with Crippen LogP contribution >= 0.6 is 0 Å². The fraction of sp³-hybridized carbons (Fsp3) is 0.750. The van der Waals surface area contributed by atoms with E-state index in [4.69, 9.17) is 0 Å². The van der Waals surface area contributed by atoms with Crippen LogP contribution in [0.1, 0.15) is 26.2 Å². The maximum Gasteiger partial charge on any atom is 0.306 e. The SMILES string of the molecule is CCCN(CC(O)Cn1cc([N+](=O)[O-])cn1)C1CC1. The van der Waals surface area contributed by atoms with E-state index in [9.17, 15) is 15.2 Å². The van der Waals surface area contributed by atoms with Crippen LogP contribution in [0.2, 0.25) is 0 Å². The fourth-order valence-electron chi connectivity index (χ4n) is 2.24. The molecule has 1 atom stereocenters. The summed E-state index contributed by atoms with van der Waals surface area (Å²) in [5.74, 6) is 0. The van der Waals surface area contributed by atoms with Gasteiger partial charge in [-0.2, -0.15) is 5.10 Å². The van der Waals surface area contributed by atoms with E-state index in [1.165, 1.54) is 29.9 Å². The van der Waals surface area contributed by atoms with Gasteiger partial charge in [0.25, 0.3) is 0 Å². The van der Waals surface area contributed by atoms with Crippen LogP contribution in [0.25, 0.3) is 0 Å². The van der Waals surface area contributed by atoms with Gasteiger partial charge in [0.2, 0.25) is 0 Å². The molecule has 0 bridgehead atoms. The molecule has 1 N–H and O–H groups in total. The van der Waals surface area contributed by atoms with Gasteiger partial charge in [0.1, 0.15) is 12.4 Å². The number of rotatable bonds is 8. The molecule has 1 saturated carbocycles. The highest BCUT2D eigenvalue weighted by Gasteiger charge is 2.29. The smallest absolute Gasteiger partial charge is 0.306 e. The number of aromatic nitrogens is 2. The second kappa shape index (κ2) is 6.12. The Morgan fingerprint density at radius 1 is 1.68 bits per heavy atom. The highest BCUT2D eigenvalue weighted by molar-refractivity contribution is 5.20. The highest BCUT2D eigenvalue weighted by Crippen LogP contribution is 2.27. The van der Waals surface area contributed by atoms with Crippen molar-refractivity contribution in [2.24, 2.45) is 0 Å². The number of nitrogens with zero attached hydrogens (tertiary/aromatic N) is 4. The molecule has 1 aliphatic rings. The molecule has 7 nitrogen and oxygen atoms in total. The van der Waals surface area contributed by atoms with E-state index in [2.05, 4.69) is 16.9 Å². The Labute approximate surface area is 112 Å². The first kappa shape index (κ1) is 14.0. The van der Waals surface area contributed by atoms with E-state index in [1.807, 2.05) is 0 Å². The Morgan fingerprint density at radius 2 is 2.42 bits per heavy atom. The minimum Gasteiger partial charge on any atom is -0.390 e. The lowest BCUT2D eigenvalue weighted by Gasteiger charge is -2.24. The molecule has 0 spiro atoms. The van der Waals surface area contributed by atoms with Crippen LogP contribution in [0.4, 0.5) is 5.69 Å². The monoisotopic (exact) mass is 268 g/mol. The molecule has 0 saturated heterocycles. The Bertz CT molecular complexity index is 430. The lowest BCUT2D eigenvalue weighted by Crippen LogP contribution is -2.36. The molecule has 1 unspecified atom stereocenters. The van der Waals surface area contributed by atoms with Crippen LogP contribution in [-0.4, -0.2) is 49.9 Å². The Kier molecular flexibility index (Phi) is 4.49. The molecule has 1 aliphatic carbocycles. The van der Waals surface area contributed by atoms with Crippen molar-refractivity contribution in [3.8, 4) is 0 Å². The van der Waals surface area contributed by atoms with E-state index in [0.29, 0.717) is 19.1 Å². The molecule has 106 valence electrons. The predicted molar refractivity (Wildman–Crippen MR) is 69.8 cm³/mol. The third kappa shape index (κ3) is 4.00. The van der Waals surface area contributed by atoms with Crippen molar-refractivity contribution in [2.45, 2.75) is 44.9 Å².